The van der Waals surface area contributed by atoms with Gasteiger partial charge < -0.3 is 4.90 Å². The molecule has 6 heteroatoms. The van der Waals surface area contributed by atoms with Gasteiger partial charge in [-0.25, -0.2) is 0 Å². The van der Waals surface area contributed by atoms with Gasteiger partial charge in [0.25, 0.3) is 5.69 Å². The van der Waals surface area contributed by atoms with Crippen molar-refractivity contribution in [3.8, 4) is 0 Å². The Labute approximate surface area is 132 Å². The number of hydrogen-bond acceptors (Lipinski definition) is 5. The van der Waals surface area contributed by atoms with Crippen molar-refractivity contribution < 1.29 is 14.5 Å². The lowest BCUT2D eigenvalue weighted by atomic mass is 10.0. The fourth-order valence-electron chi connectivity index (χ4n) is 3.06. The maximum atomic E-state index is 12.1. The molecule has 0 saturated carbocycles. The van der Waals surface area contributed by atoms with Crippen LogP contribution in [-0.4, -0.2) is 17.0 Å². The van der Waals surface area contributed by atoms with Crippen LogP contribution in [0.25, 0.3) is 0 Å². The summed E-state index contributed by atoms with van der Waals surface area (Å²) in [6.45, 7) is 2.24. The number of aryl methyl sites for hydroxylation is 1. The number of benzene rings is 2. The zero-order valence-electron chi connectivity index (χ0n) is 12.4. The Balaban J connectivity index is 2.07. The number of fused-ring (bicyclic) bond motifs is 1. The van der Waals surface area contributed by atoms with Crippen molar-refractivity contribution in [1.29, 1.82) is 0 Å². The van der Waals surface area contributed by atoms with Crippen LogP contribution in [0.2, 0.25) is 0 Å². The highest BCUT2D eigenvalue weighted by atomic mass is 16.6. The van der Waals surface area contributed by atoms with Crippen molar-refractivity contribution in [3.05, 3.63) is 69.3 Å². The third-order valence-corrected chi connectivity index (χ3v) is 4.09. The number of aldehydes is 1. The van der Waals surface area contributed by atoms with Crippen LogP contribution in [0.15, 0.2) is 42.5 Å². The molecule has 0 bridgehead atoms. The molecule has 6 nitrogen and oxygen atoms in total. The van der Waals surface area contributed by atoms with E-state index in [1.54, 1.807) is 13.0 Å². The Kier molecular flexibility index (Phi) is 3.65. The van der Waals surface area contributed by atoms with Crippen LogP contribution in [0.3, 0.4) is 0 Å². The molecule has 3 rings (SSSR count). The highest BCUT2D eigenvalue weighted by Crippen LogP contribution is 2.39. The van der Waals surface area contributed by atoms with E-state index in [0.717, 1.165) is 11.1 Å². The summed E-state index contributed by atoms with van der Waals surface area (Å²) in [5.41, 5.74) is 3.19. The normalized spacial score (nSPS) is 16.0. The van der Waals surface area contributed by atoms with Crippen LogP contribution in [0.1, 0.15) is 22.7 Å². The van der Waals surface area contributed by atoms with Gasteiger partial charge in [0, 0.05) is 24.4 Å². The molecular weight excluding hydrogens is 296 g/mol. The molecule has 1 aliphatic heterocycles. The molecule has 0 fully saturated rings. The standard InChI is InChI=1S/C17H14N2O4/c1-11-8-13(19(22)23)6-7-15(11)18-9-12-4-2-3-5-14(12)17(18)16(21)10-20/h2-8,10,17H,9H2,1H3. The molecule has 23 heavy (non-hydrogen) atoms. The smallest absolute Gasteiger partial charge is 0.269 e. The first-order valence-electron chi connectivity index (χ1n) is 7.11. The van der Waals surface area contributed by atoms with Gasteiger partial charge in [-0.05, 0) is 29.7 Å². The Morgan fingerprint density at radius 3 is 2.70 bits per heavy atom. The van der Waals surface area contributed by atoms with Crippen LogP contribution >= 0.6 is 0 Å². The summed E-state index contributed by atoms with van der Waals surface area (Å²) in [6, 6.07) is 11.3. The largest absolute Gasteiger partial charge is 0.352 e. The molecule has 116 valence electrons. The van der Waals surface area contributed by atoms with E-state index in [9.17, 15) is 19.7 Å². The van der Waals surface area contributed by atoms with Gasteiger partial charge in [0.15, 0.2) is 6.29 Å². The van der Waals surface area contributed by atoms with Gasteiger partial charge in [-0.1, -0.05) is 24.3 Å². The highest BCUT2D eigenvalue weighted by Gasteiger charge is 2.35. The number of anilines is 1. The minimum Gasteiger partial charge on any atom is -0.352 e. The first kappa shape index (κ1) is 14.9. The van der Waals surface area contributed by atoms with Gasteiger partial charge in [0.2, 0.25) is 5.78 Å². The number of nitro groups is 1. The first-order valence-corrected chi connectivity index (χ1v) is 7.11. The van der Waals surface area contributed by atoms with E-state index in [2.05, 4.69) is 0 Å². The third-order valence-electron chi connectivity index (χ3n) is 4.09. The van der Waals surface area contributed by atoms with Gasteiger partial charge in [0.1, 0.15) is 6.04 Å². The number of nitro benzene ring substituents is 1. The molecule has 2 aromatic carbocycles. The molecule has 1 atom stereocenters. The van der Waals surface area contributed by atoms with E-state index in [1.165, 1.54) is 12.1 Å². The Morgan fingerprint density at radius 2 is 2.04 bits per heavy atom. The number of hydrogen-bond donors (Lipinski definition) is 0. The highest BCUT2D eigenvalue weighted by molar-refractivity contribution is 6.28. The summed E-state index contributed by atoms with van der Waals surface area (Å²) >= 11 is 0. The third kappa shape index (κ3) is 2.48. The second kappa shape index (κ2) is 5.64. The topological polar surface area (TPSA) is 80.5 Å². The van der Waals surface area contributed by atoms with Gasteiger partial charge in [-0.15, -0.1) is 0 Å². The molecule has 0 spiro atoms. The van der Waals surface area contributed by atoms with Gasteiger partial charge in [-0.3, -0.25) is 19.7 Å². The summed E-state index contributed by atoms with van der Waals surface area (Å²) in [7, 11) is 0. The van der Waals surface area contributed by atoms with E-state index in [4.69, 9.17) is 0 Å². The van der Waals surface area contributed by atoms with Crippen molar-refractivity contribution >= 4 is 23.4 Å². The molecule has 1 heterocycles. The zero-order valence-corrected chi connectivity index (χ0v) is 12.4. The number of nitrogens with zero attached hydrogens (tertiary/aromatic N) is 2. The van der Waals surface area contributed by atoms with Crippen molar-refractivity contribution in [2.75, 3.05) is 4.90 Å². The number of carbonyl (C=O) groups is 2. The van der Waals surface area contributed by atoms with E-state index < -0.39 is 16.7 Å². The lowest BCUT2D eigenvalue weighted by Gasteiger charge is -2.26. The Hall–Kier alpha value is -3.02. The van der Waals surface area contributed by atoms with Crippen molar-refractivity contribution in [1.82, 2.24) is 0 Å². The molecule has 0 radical (unpaired) electrons. The Bertz CT molecular complexity index is 816. The molecule has 0 amide bonds. The number of Topliss-reactive ketones (excluding diaryl/α,β-unsaturated/α-hetero) is 1. The number of carbonyl (C=O) groups excluding carboxylic acids is 2. The van der Waals surface area contributed by atoms with Crippen molar-refractivity contribution in [2.24, 2.45) is 0 Å². The second-order valence-corrected chi connectivity index (χ2v) is 5.48. The average Bonchev–Trinajstić information content (AvgIpc) is 2.93. The minimum atomic E-state index is -0.677. The molecule has 1 unspecified atom stereocenters. The quantitative estimate of drug-likeness (QED) is 0.375. The maximum absolute atomic E-state index is 12.1. The van der Waals surface area contributed by atoms with Crippen molar-refractivity contribution in [3.63, 3.8) is 0 Å². The zero-order chi connectivity index (χ0) is 16.6. The lowest BCUT2D eigenvalue weighted by Crippen LogP contribution is -2.29. The fourth-order valence-corrected chi connectivity index (χ4v) is 3.06. The number of non-ortho nitro benzene ring substituents is 1. The van der Waals surface area contributed by atoms with Crippen LogP contribution in [0.4, 0.5) is 11.4 Å². The number of rotatable bonds is 4. The Morgan fingerprint density at radius 1 is 1.30 bits per heavy atom. The van der Waals surface area contributed by atoms with E-state index in [0.29, 0.717) is 24.1 Å². The minimum absolute atomic E-state index is 0.00113. The summed E-state index contributed by atoms with van der Waals surface area (Å²) in [6.07, 6.45) is 0.334. The van der Waals surface area contributed by atoms with E-state index >= 15 is 0 Å². The summed E-state index contributed by atoms with van der Waals surface area (Å²) < 4.78 is 0. The summed E-state index contributed by atoms with van der Waals surface area (Å²) in [5, 5.41) is 10.9. The second-order valence-electron chi connectivity index (χ2n) is 5.48. The predicted molar refractivity (Wildman–Crippen MR) is 84.3 cm³/mol. The molecule has 0 aromatic heterocycles. The van der Waals surface area contributed by atoms with Crippen LogP contribution in [0, 0.1) is 17.0 Å². The first-order chi connectivity index (χ1) is 11.0. The van der Waals surface area contributed by atoms with E-state index in [1.807, 2.05) is 29.2 Å². The number of ketones is 1. The molecule has 2 aromatic rings. The summed E-state index contributed by atoms with van der Waals surface area (Å²) in [5.74, 6) is -0.521. The lowest BCUT2D eigenvalue weighted by molar-refractivity contribution is -0.384. The molecule has 1 aliphatic rings. The van der Waals surface area contributed by atoms with Crippen LogP contribution in [0.5, 0.6) is 0 Å². The van der Waals surface area contributed by atoms with Gasteiger partial charge in [-0.2, -0.15) is 0 Å². The average molecular weight is 310 g/mol. The van der Waals surface area contributed by atoms with Crippen LogP contribution in [-0.2, 0) is 16.1 Å². The van der Waals surface area contributed by atoms with Gasteiger partial charge >= 0.3 is 0 Å². The van der Waals surface area contributed by atoms with Crippen LogP contribution < -0.4 is 4.90 Å². The molecule has 0 N–H and O–H groups in total. The van der Waals surface area contributed by atoms with E-state index in [-0.39, 0.29) is 5.69 Å². The van der Waals surface area contributed by atoms with Crippen molar-refractivity contribution in [2.45, 2.75) is 19.5 Å². The molecule has 0 aliphatic carbocycles. The maximum Gasteiger partial charge on any atom is 0.269 e. The fraction of sp³-hybridized carbons (Fsp3) is 0.176. The molecule has 0 saturated heterocycles. The SMILES string of the molecule is Cc1cc([N+](=O)[O-])ccc1N1Cc2ccccc2C1C(=O)C=O. The molecular formula is C17H14N2O4. The van der Waals surface area contributed by atoms with Gasteiger partial charge in [0.05, 0.1) is 4.92 Å². The summed E-state index contributed by atoms with van der Waals surface area (Å²) in [4.78, 5) is 35.4. The monoisotopic (exact) mass is 310 g/mol. The predicted octanol–water partition coefficient (Wildman–Crippen LogP) is 2.73.